The molecule has 0 aliphatic heterocycles. The predicted molar refractivity (Wildman–Crippen MR) is 80.8 cm³/mol. The minimum Gasteiger partial charge on any atom is -0.311 e. The van der Waals surface area contributed by atoms with Crippen LogP contribution in [0.3, 0.4) is 0 Å². The summed E-state index contributed by atoms with van der Waals surface area (Å²) in [7, 11) is 2.02. The molecule has 1 aliphatic rings. The maximum atomic E-state index is 4.61. The summed E-state index contributed by atoms with van der Waals surface area (Å²) in [6.07, 6.45) is 4.85. The largest absolute Gasteiger partial charge is 0.311 e. The summed E-state index contributed by atoms with van der Waals surface area (Å²) in [4.78, 5) is 4.61. The molecule has 0 radical (unpaired) electrons. The van der Waals surface area contributed by atoms with Crippen LogP contribution in [0.1, 0.15) is 39.9 Å². The topological polar surface area (TPSA) is 24.9 Å². The first kappa shape index (κ1) is 12.8. The molecule has 0 bridgehead atoms. The Balaban J connectivity index is 1.79. The van der Waals surface area contributed by atoms with E-state index in [9.17, 15) is 0 Å². The highest BCUT2D eigenvalue weighted by Crippen LogP contribution is 2.26. The summed E-state index contributed by atoms with van der Waals surface area (Å²) in [5.74, 6) is 0. The second kappa shape index (κ2) is 5.43. The molecule has 1 N–H and O–H groups in total. The van der Waals surface area contributed by atoms with Gasteiger partial charge in [0.15, 0.2) is 0 Å². The molecule has 1 aliphatic carbocycles. The highest BCUT2D eigenvalue weighted by Gasteiger charge is 2.15. The summed E-state index contributed by atoms with van der Waals surface area (Å²) in [6, 6.07) is 7.32. The highest BCUT2D eigenvalue weighted by molar-refractivity contribution is 7.09. The number of aromatic nitrogens is 1. The van der Waals surface area contributed by atoms with Crippen LogP contribution in [0.15, 0.2) is 23.6 Å². The third-order valence-corrected chi connectivity index (χ3v) is 4.74. The van der Waals surface area contributed by atoms with Crippen LogP contribution in [0.4, 0.5) is 0 Å². The van der Waals surface area contributed by atoms with Gasteiger partial charge in [0, 0.05) is 5.38 Å². The van der Waals surface area contributed by atoms with Crippen molar-refractivity contribution in [3.63, 3.8) is 0 Å². The number of benzene rings is 1. The normalized spacial score (nSPS) is 15.5. The van der Waals surface area contributed by atoms with Crippen molar-refractivity contribution in [1.82, 2.24) is 10.3 Å². The van der Waals surface area contributed by atoms with Crippen LogP contribution >= 0.6 is 11.3 Å². The molecular formula is C16H20N2S. The van der Waals surface area contributed by atoms with Crippen molar-refractivity contribution >= 4 is 11.3 Å². The third-order valence-electron chi connectivity index (χ3n) is 3.94. The molecule has 0 fully saturated rings. The Hall–Kier alpha value is -1.19. The lowest BCUT2D eigenvalue weighted by molar-refractivity contribution is 0.578. The lowest BCUT2D eigenvalue weighted by Gasteiger charge is -2.14. The maximum absolute atomic E-state index is 4.61. The van der Waals surface area contributed by atoms with Crippen molar-refractivity contribution < 1.29 is 0 Å². The summed E-state index contributed by atoms with van der Waals surface area (Å²) in [5.41, 5.74) is 5.70. The van der Waals surface area contributed by atoms with E-state index in [1.807, 2.05) is 7.05 Å². The van der Waals surface area contributed by atoms with Gasteiger partial charge in [-0.3, -0.25) is 0 Å². The van der Waals surface area contributed by atoms with Crippen molar-refractivity contribution in [3.8, 4) is 0 Å². The Bertz CT molecular complexity index is 574. The van der Waals surface area contributed by atoms with Crippen LogP contribution in [-0.2, 0) is 19.3 Å². The molecule has 1 unspecified atom stereocenters. The van der Waals surface area contributed by atoms with E-state index in [1.54, 1.807) is 22.5 Å². The molecule has 19 heavy (non-hydrogen) atoms. The lowest BCUT2D eigenvalue weighted by Crippen LogP contribution is -2.19. The van der Waals surface area contributed by atoms with E-state index >= 15 is 0 Å². The summed E-state index contributed by atoms with van der Waals surface area (Å²) in [6.45, 7) is 2.07. The number of hydrogen-bond donors (Lipinski definition) is 1. The first-order valence-electron chi connectivity index (χ1n) is 6.96. The van der Waals surface area contributed by atoms with E-state index in [1.165, 1.54) is 30.5 Å². The highest BCUT2D eigenvalue weighted by atomic mass is 32.1. The number of thiazole rings is 1. The number of nitrogens with zero attached hydrogens (tertiary/aromatic N) is 1. The molecule has 3 heteroatoms. The lowest BCUT2D eigenvalue weighted by atomic mass is 10.00. The van der Waals surface area contributed by atoms with Crippen molar-refractivity contribution in [3.05, 3.63) is 51.0 Å². The fraction of sp³-hybridized carbons (Fsp3) is 0.438. The van der Waals surface area contributed by atoms with E-state index in [2.05, 4.69) is 40.8 Å². The quantitative estimate of drug-likeness (QED) is 0.922. The number of hydrogen-bond acceptors (Lipinski definition) is 3. The Labute approximate surface area is 118 Å². The monoisotopic (exact) mass is 272 g/mol. The van der Waals surface area contributed by atoms with E-state index < -0.39 is 0 Å². The zero-order valence-electron chi connectivity index (χ0n) is 11.6. The molecule has 0 saturated carbocycles. The van der Waals surface area contributed by atoms with Crippen molar-refractivity contribution in [1.29, 1.82) is 0 Å². The van der Waals surface area contributed by atoms with Gasteiger partial charge in [0.1, 0.15) is 0 Å². The summed E-state index contributed by atoms with van der Waals surface area (Å²) in [5, 5.41) is 6.71. The molecular weight excluding hydrogens is 252 g/mol. The number of aryl methyl sites for hydroxylation is 3. The van der Waals surface area contributed by atoms with Gasteiger partial charge in [-0.25, -0.2) is 4.98 Å². The second-order valence-electron chi connectivity index (χ2n) is 5.29. The van der Waals surface area contributed by atoms with Gasteiger partial charge in [-0.15, -0.1) is 11.3 Å². The third kappa shape index (κ3) is 2.72. The smallest absolute Gasteiger partial charge is 0.0898 e. The average Bonchev–Trinajstić information content (AvgIpc) is 3.04. The maximum Gasteiger partial charge on any atom is 0.0898 e. The summed E-state index contributed by atoms with van der Waals surface area (Å²) >= 11 is 1.73. The zero-order chi connectivity index (χ0) is 13.2. The molecule has 3 rings (SSSR count). The standard InChI is InChI=1S/C16H20N2S/c1-11-18-16(10-19-11)15(17-2)9-12-6-7-13-4-3-5-14(13)8-12/h6-8,10,15,17H,3-5,9H2,1-2H3. The van der Waals surface area contributed by atoms with E-state index in [4.69, 9.17) is 0 Å². The zero-order valence-corrected chi connectivity index (χ0v) is 12.4. The number of nitrogens with one attached hydrogen (secondary N) is 1. The van der Waals surface area contributed by atoms with Crippen LogP contribution in [0.2, 0.25) is 0 Å². The van der Waals surface area contributed by atoms with Crippen molar-refractivity contribution in [2.45, 2.75) is 38.6 Å². The minimum atomic E-state index is 0.324. The molecule has 2 aromatic rings. The fourth-order valence-electron chi connectivity index (χ4n) is 2.88. The van der Waals surface area contributed by atoms with Crippen molar-refractivity contribution in [2.75, 3.05) is 7.05 Å². The Morgan fingerprint density at radius 2 is 2.16 bits per heavy atom. The van der Waals surface area contributed by atoms with Gasteiger partial charge in [-0.05, 0) is 56.3 Å². The van der Waals surface area contributed by atoms with Crippen LogP contribution < -0.4 is 5.32 Å². The molecule has 1 aromatic heterocycles. The number of fused-ring (bicyclic) bond motifs is 1. The number of likely N-dealkylation sites (N-methyl/N-ethyl adjacent to an activating group) is 1. The molecule has 0 saturated heterocycles. The molecule has 1 aromatic carbocycles. The first-order valence-corrected chi connectivity index (χ1v) is 7.84. The molecule has 2 nitrogen and oxygen atoms in total. The van der Waals surface area contributed by atoms with E-state index in [-0.39, 0.29) is 0 Å². The molecule has 1 heterocycles. The van der Waals surface area contributed by atoms with Gasteiger partial charge >= 0.3 is 0 Å². The average molecular weight is 272 g/mol. The second-order valence-corrected chi connectivity index (χ2v) is 6.36. The Morgan fingerprint density at radius 1 is 1.32 bits per heavy atom. The predicted octanol–water partition coefficient (Wildman–Crippen LogP) is 3.44. The van der Waals surface area contributed by atoms with Crippen LogP contribution in [0, 0.1) is 6.92 Å². The number of rotatable bonds is 4. The molecule has 100 valence electrons. The fourth-order valence-corrected chi connectivity index (χ4v) is 3.55. The van der Waals surface area contributed by atoms with E-state index in [0.717, 1.165) is 11.4 Å². The Kier molecular flexibility index (Phi) is 3.67. The van der Waals surface area contributed by atoms with Crippen LogP contribution in [-0.4, -0.2) is 12.0 Å². The van der Waals surface area contributed by atoms with Gasteiger partial charge in [0.2, 0.25) is 0 Å². The Morgan fingerprint density at radius 3 is 2.89 bits per heavy atom. The van der Waals surface area contributed by atoms with Crippen LogP contribution in [0.25, 0.3) is 0 Å². The van der Waals surface area contributed by atoms with Crippen molar-refractivity contribution in [2.24, 2.45) is 0 Å². The molecule has 0 spiro atoms. The SMILES string of the molecule is CNC(Cc1ccc2c(c1)CCC2)c1csc(C)n1. The summed E-state index contributed by atoms with van der Waals surface area (Å²) < 4.78 is 0. The van der Waals surface area contributed by atoms with E-state index in [0.29, 0.717) is 6.04 Å². The van der Waals surface area contributed by atoms with Gasteiger partial charge in [0.05, 0.1) is 16.7 Å². The van der Waals surface area contributed by atoms with Gasteiger partial charge in [-0.2, -0.15) is 0 Å². The first-order chi connectivity index (χ1) is 9.26. The molecule has 0 amide bonds. The van der Waals surface area contributed by atoms with Crippen LogP contribution in [0.5, 0.6) is 0 Å². The minimum absolute atomic E-state index is 0.324. The van der Waals surface area contributed by atoms with Gasteiger partial charge < -0.3 is 5.32 Å². The van der Waals surface area contributed by atoms with Gasteiger partial charge in [0.25, 0.3) is 0 Å². The van der Waals surface area contributed by atoms with Gasteiger partial charge in [-0.1, -0.05) is 18.2 Å². The molecule has 1 atom stereocenters.